The molecule has 0 bridgehead atoms. The maximum Gasteiger partial charge on any atom is 0.326 e. The molecule has 10 nitrogen and oxygen atoms in total. The molecular formula is C24H33N5O5S2. The molecular weight excluding hydrogens is 502 g/mol. The van der Waals surface area contributed by atoms with Gasteiger partial charge in [0.15, 0.2) is 0 Å². The zero-order chi connectivity index (χ0) is 26.2. The zero-order valence-electron chi connectivity index (χ0n) is 20.1. The number of thioether (sulfide) groups is 1. The van der Waals surface area contributed by atoms with Crippen molar-refractivity contribution in [3.05, 3.63) is 36.0 Å². The van der Waals surface area contributed by atoms with Crippen molar-refractivity contribution in [1.29, 1.82) is 0 Å². The lowest BCUT2D eigenvalue weighted by atomic mass is 10.0. The lowest BCUT2D eigenvalue weighted by molar-refractivity contribution is -0.143. The van der Waals surface area contributed by atoms with E-state index in [2.05, 4.69) is 28.2 Å². The third kappa shape index (κ3) is 6.74. The molecule has 1 saturated heterocycles. The number of carboxylic acids is 1. The van der Waals surface area contributed by atoms with Crippen LogP contribution in [0.1, 0.15) is 24.8 Å². The van der Waals surface area contributed by atoms with E-state index in [0.29, 0.717) is 25.1 Å². The maximum atomic E-state index is 13.3. The van der Waals surface area contributed by atoms with Gasteiger partial charge < -0.3 is 31.4 Å². The summed E-state index contributed by atoms with van der Waals surface area (Å²) in [5, 5.41) is 15.8. The molecule has 3 rings (SSSR count). The van der Waals surface area contributed by atoms with Gasteiger partial charge in [-0.3, -0.25) is 14.4 Å². The number of fused-ring (bicyclic) bond motifs is 1. The van der Waals surface area contributed by atoms with Crippen LogP contribution in [0.2, 0.25) is 0 Å². The Morgan fingerprint density at radius 2 is 2.00 bits per heavy atom. The number of amides is 3. The standard InChI is InChI=1S/C24H33N5O5S2/c1-36-10-8-18(24(33)34)27-21(30)19(11-14-12-26-17-6-3-2-5-15(14)17)28-22(31)20-7-4-9-29(20)23(32)16(25)13-35/h2-3,5-6,12,16,18-20,26,35H,4,7-11,13,25H2,1H3,(H,27,30)(H,28,31)(H,33,34). The summed E-state index contributed by atoms with van der Waals surface area (Å²) >= 11 is 5.56. The summed E-state index contributed by atoms with van der Waals surface area (Å²) in [5.74, 6) is -1.84. The van der Waals surface area contributed by atoms with E-state index in [1.54, 1.807) is 6.20 Å². The average Bonchev–Trinajstić information content (AvgIpc) is 3.52. The Kier molecular flexibility index (Phi) is 10.1. The van der Waals surface area contributed by atoms with Crippen molar-refractivity contribution in [2.75, 3.05) is 24.3 Å². The average molecular weight is 536 g/mol. The fourth-order valence-electron chi connectivity index (χ4n) is 4.36. The molecule has 0 saturated carbocycles. The predicted octanol–water partition coefficient (Wildman–Crippen LogP) is 0.766. The molecule has 1 aromatic heterocycles. The van der Waals surface area contributed by atoms with Crippen LogP contribution in [0.25, 0.3) is 10.9 Å². The molecule has 36 heavy (non-hydrogen) atoms. The summed E-state index contributed by atoms with van der Waals surface area (Å²) in [4.78, 5) is 55.6. The van der Waals surface area contributed by atoms with Gasteiger partial charge in [-0.1, -0.05) is 18.2 Å². The first-order valence-electron chi connectivity index (χ1n) is 11.8. The quantitative estimate of drug-likeness (QED) is 0.219. The Hall–Kier alpha value is -2.70. The number of nitrogens with zero attached hydrogens (tertiary/aromatic N) is 1. The molecule has 2 heterocycles. The van der Waals surface area contributed by atoms with E-state index >= 15 is 0 Å². The molecule has 4 unspecified atom stereocenters. The number of aromatic amines is 1. The number of benzene rings is 1. The number of rotatable bonds is 12. The number of hydrogen-bond donors (Lipinski definition) is 6. The topological polar surface area (TPSA) is 158 Å². The highest BCUT2D eigenvalue weighted by Crippen LogP contribution is 2.21. The summed E-state index contributed by atoms with van der Waals surface area (Å²) in [6.45, 7) is 0.396. The summed E-state index contributed by atoms with van der Waals surface area (Å²) in [7, 11) is 0. The third-order valence-corrected chi connectivity index (χ3v) is 7.35. The van der Waals surface area contributed by atoms with Crippen molar-refractivity contribution in [3.63, 3.8) is 0 Å². The molecule has 0 spiro atoms. The summed E-state index contributed by atoms with van der Waals surface area (Å²) in [6.07, 6.45) is 5.11. The van der Waals surface area contributed by atoms with Crippen molar-refractivity contribution < 1.29 is 24.3 Å². The number of likely N-dealkylation sites (tertiary alicyclic amines) is 1. The minimum Gasteiger partial charge on any atom is -0.480 e. The molecule has 4 atom stereocenters. The highest BCUT2D eigenvalue weighted by atomic mass is 32.2. The van der Waals surface area contributed by atoms with Gasteiger partial charge in [0, 0.05) is 35.8 Å². The Balaban J connectivity index is 1.82. The fourth-order valence-corrected chi connectivity index (χ4v) is 4.98. The molecule has 2 aromatic rings. The Bertz CT molecular complexity index is 1090. The summed E-state index contributed by atoms with van der Waals surface area (Å²) in [6, 6.07) is 3.89. The SMILES string of the molecule is CSCCC(NC(=O)C(Cc1c[nH]c2ccccc12)NC(=O)C1CCCN1C(=O)C(N)CS)C(=O)O. The number of aromatic nitrogens is 1. The van der Waals surface area contributed by atoms with Crippen LogP contribution >= 0.6 is 24.4 Å². The monoisotopic (exact) mass is 535 g/mol. The molecule has 1 aromatic carbocycles. The van der Waals surface area contributed by atoms with Crippen LogP contribution in [-0.4, -0.2) is 87.2 Å². The normalized spacial score (nSPS) is 18.0. The number of aliphatic carboxylic acids is 1. The van der Waals surface area contributed by atoms with E-state index in [4.69, 9.17) is 5.73 Å². The molecule has 0 aliphatic carbocycles. The first-order valence-corrected chi connectivity index (χ1v) is 13.8. The van der Waals surface area contributed by atoms with Crippen LogP contribution in [0, 0.1) is 0 Å². The molecule has 1 fully saturated rings. The lowest BCUT2D eigenvalue weighted by Gasteiger charge is -2.28. The smallest absolute Gasteiger partial charge is 0.326 e. The van der Waals surface area contributed by atoms with Crippen LogP contribution in [0.3, 0.4) is 0 Å². The summed E-state index contributed by atoms with van der Waals surface area (Å²) < 4.78 is 0. The van der Waals surface area contributed by atoms with E-state index in [9.17, 15) is 24.3 Å². The molecule has 6 N–H and O–H groups in total. The van der Waals surface area contributed by atoms with Crippen LogP contribution in [0.15, 0.2) is 30.5 Å². The largest absolute Gasteiger partial charge is 0.480 e. The predicted molar refractivity (Wildman–Crippen MR) is 143 cm³/mol. The second kappa shape index (κ2) is 13.0. The van der Waals surface area contributed by atoms with Crippen LogP contribution in [0.4, 0.5) is 0 Å². The number of H-pyrrole nitrogens is 1. The number of nitrogens with one attached hydrogen (secondary N) is 3. The Morgan fingerprint density at radius 3 is 2.69 bits per heavy atom. The van der Waals surface area contributed by atoms with Gasteiger partial charge in [0.25, 0.3) is 0 Å². The van der Waals surface area contributed by atoms with Gasteiger partial charge in [-0.05, 0) is 42.9 Å². The van der Waals surface area contributed by atoms with Gasteiger partial charge in [-0.2, -0.15) is 24.4 Å². The van der Waals surface area contributed by atoms with Crippen molar-refractivity contribution in [3.8, 4) is 0 Å². The maximum absolute atomic E-state index is 13.3. The second-order valence-corrected chi connectivity index (χ2v) is 10.1. The van der Waals surface area contributed by atoms with Crippen LogP contribution in [-0.2, 0) is 25.6 Å². The van der Waals surface area contributed by atoms with Gasteiger partial charge in [-0.15, -0.1) is 0 Å². The van der Waals surface area contributed by atoms with Gasteiger partial charge in [-0.25, -0.2) is 4.79 Å². The van der Waals surface area contributed by atoms with Crippen molar-refractivity contribution in [2.45, 2.75) is 49.9 Å². The lowest BCUT2D eigenvalue weighted by Crippen LogP contribution is -2.57. The minimum absolute atomic E-state index is 0.146. The van der Waals surface area contributed by atoms with Crippen molar-refractivity contribution in [1.82, 2.24) is 20.5 Å². The zero-order valence-corrected chi connectivity index (χ0v) is 21.8. The van der Waals surface area contributed by atoms with E-state index in [-0.39, 0.29) is 24.5 Å². The number of carbonyl (C=O) groups excluding carboxylic acids is 3. The minimum atomic E-state index is -1.14. The number of thiol groups is 1. The molecule has 0 radical (unpaired) electrons. The van der Waals surface area contributed by atoms with Gasteiger partial charge in [0.05, 0.1) is 6.04 Å². The van der Waals surface area contributed by atoms with Crippen molar-refractivity contribution in [2.24, 2.45) is 5.73 Å². The highest BCUT2D eigenvalue weighted by Gasteiger charge is 2.37. The first-order chi connectivity index (χ1) is 17.3. The second-order valence-electron chi connectivity index (χ2n) is 8.78. The number of hydrogen-bond acceptors (Lipinski definition) is 7. The summed E-state index contributed by atoms with van der Waals surface area (Å²) in [5.41, 5.74) is 7.54. The van der Waals surface area contributed by atoms with E-state index in [1.165, 1.54) is 16.7 Å². The Morgan fingerprint density at radius 1 is 1.25 bits per heavy atom. The first kappa shape index (κ1) is 27.9. The molecule has 12 heteroatoms. The number of nitrogens with two attached hydrogens (primary N) is 1. The third-order valence-electron chi connectivity index (χ3n) is 6.31. The van der Waals surface area contributed by atoms with E-state index < -0.39 is 42.0 Å². The van der Waals surface area contributed by atoms with E-state index in [0.717, 1.165) is 16.5 Å². The molecule has 1 aliphatic rings. The number of carbonyl (C=O) groups is 4. The fraction of sp³-hybridized carbons (Fsp3) is 0.500. The van der Waals surface area contributed by atoms with Gasteiger partial charge in [0.1, 0.15) is 18.1 Å². The van der Waals surface area contributed by atoms with Crippen LogP contribution in [0.5, 0.6) is 0 Å². The highest BCUT2D eigenvalue weighted by molar-refractivity contribution is 7.98. The number of carboxylic acid groups (broad SMARTS) is 1. The molecule has 1 aliphatic heterocycles. The number of para-hydroxylation sites is 1. The molecule has 3 amide bonds. The molecule has 196 valence electrons. The van der Waals surface area contributed by atoms with Gasteiger partial charge >= 0.3 is 5.97 Å². The van der Waals surface area contributed by atoms with Crippen LogP contribution < -0.4 is 16.4 Å². The van der Waals surface area contributed by atoms with Gasteiger partial charge in [0.2, 0.25) is 17.7 Å². The van der Waals surface area contributed by atoms with E-state index in [1.807, 2.05) is 30.5 Å². The van der Waals surface area contributed by atoms with Crippen molar-refractivity contribution >= 4 is 59.0 Å². The Labute approximate surface area is 219 Å².